The number of aromatic amines is 1. The summed E-state index contributed by atoms with van der Waals surface area (Å²) in [6.07, 6.45) is 4.91. The summed E-state index contributed by atoms with van der Waals surface area (Å²) in [7, 11) is -2.75. The van der Waals surface area contributed by atoms with E-state index in [0.717, 1.165) is 54.1 Å². The molecule has 0 bridgehead atoms. The van der Waals surface area contributed by atoms with E-state index in [-0.39, 0.29) is 22.4 Å². The molecule has 2 unspecified atom stereocenters. The molecule has 0 amide bonds. The number of para-hydroxylation sites is 1. The van der Waals surface area contributed by atoms with Gasteiger partial charge in [-0.25, -0.2) is 8.42 Å². The molecule has 3 aromatic carbocycles. The molecule has 1 aromatic heterocycles. The standard InChI is InChI=1S/C31H29F4N3O5S/c1-41-27-12-10-20(44(39,40)37-19-9-11-28(42-30(32)33)29(16-19)43-31(34)35)17-26(27)38-14-13-22-21(6-4-8-25(22)38)24-15-18-5-2-3-7-23(18)36-24/h2-3,5,7-12,15-17,21-22,30-31,36-37H,4,6,13-14H2,1H3. The number of benzene rings is 3. The third-order valence-electron chi connectivity index (χ3n) is 8.00. The van der Waals surface area contributed by atoms with Crippen LogP contribution in [0.5, 0.6) is 17.2 Å². The monoisotopic (exact) mass is 631 g/mol. The van der Waals surface area contributed by atoms with Crippen LogP contribution in [-0.2, 0) is 10.0 Å². The summed E-state index contributed by atoms with van der Waals surface area (Å²) in [5.41, 5.74) is 3.76. The fourth-order valence-electron chi connectivity index (χ4n) is 6.17. The van der Waals surface area contributed by atoms with E-state index in [1.165, 1.54) is 24.9 Å². The van der Waals surface area contributed by atoms with Crippen LogP contribution >= 0.6 is 0 Å². The number of aromatic nitrogens is 1. The number of hydrogen-bond donors (Lipinski definition) is 2. The molecular formula is C31H29F4N3O5S. The Morgan fingerprint density at radius 1 is 0.886 bits per heavy atom. The van der Waals surface area contributed by atoms with Gasteiger partial charge in [-0.05, 0) is 67.1 Å². The number of halogens is 4. The molecule has 2 aliphatic rings. The molecule has 4 aromatic rings. The van der Waals surface area contributed by atoms with E-state index in [4.69, 9.17) is 4.74 Å². The number of alkyl halides is 4. The molecule has 2 N–H and O–H groups in total. The van der Waals surface area contributed by atoms with Crippen LogP contribution in [0.15, 0.2) is 83.4 Å². The molecule has 13 heteroatoms. The first-order valence-electron chi connectivity index (χ1n) is 13.9. The fourth-order valence-corrected chi connectivity index (χ4v) is 7.24. The van der Waals surface area contributed by atoms with Gasteiger partial charge in [0.2, 0.25) is 0 Å². The molecule has 2 atom stereocenters. The lowest BCUT2D eigenvalue weighted by Crippen LogP contribution is -2.24. The molecule has 2 heterocycles. The number of allylic oxidation sites excluding steroid dienone is 2. The van der Waals surface area contributed by atoms with Crippen molar-refractivity contribution in [2.45, 2.75) is 43.3 Å². The first kappa shape index (κ1) is 29.7. The van der Waals surface area contributed by atoms with Gasteiger partial charge in [-0.2, -0.15) is 17.6 Å². The van der Waals surface area contributed by atoms with Gasteiger partial charge >= 0.3 is 13.2 Å². The van der Waals surface area contributed by atoms with Gasteiger partial charge in [-0.15, -0.1) is 0 Å². The van der Waals surface area contributed by atoms with E-state index < -0.39 is 34.7 Å². The average molecular weight is 632 g/mol. The van der Waals surface area contributed by atoms with Crippen molar-refractivity contribution in [1.29, 1.82) is 0 Å². The molecule has 1 fully saturated rings. The minimum atomic E-state index is -4.26. The number of anilines is 2. The van der Waals surface area contributed by atoms with Crippen LogP contribution in [-0.4, -0.2) is 40.3 Å². The van der Waals surface area contributed by atoms with Crippen LogP contribution in [0.4, 0.5) is 28.9 Å². The van der Waals surface area contributed by atoms with Gasteiger partial charge in [-0.1, -0.05) is 24.3 Å². The molecule has 0 radical (unpaired) electrons. The third-order valence-corrected chi connectivity index (χ3v) is 9.38. The summed E-state index contributed by atoms with van der Waals surface area (Å²) in [6, 6.07) is 17.7. The Labute approximate surface area is 251 Å². The Kier molecular flexibility index (Phi) is 8.06. The van der Waals surface area contributed by atoms with E-state index in [9.17, 15) is 26.0 Å². The van der Waals surface area contributed by atoms with Crippen molar-refractivity contribution in [1.82, 2.24) is 4.98 Å². The predicted octanol–water partition coefficient (Wildman–Crippen LogP) is 7.47. The van der Waals surface area contributed by atoms with Crippen molar-refractivity contribution in [3.05, 3.63) is 84.2 Å². The first-order chi connectivity index (χ1) is 21.1. The van der Waals surface area contributed by atoms with Gasteiger partial charge in [0, 0.05) is 41.4 Å². The SMILES string of the molecule is COc1ccc(S(=O)(=O)Nc2ccc(OC(F)F)c(OC(F)F)c2)cc1N1CCC2C1=CCCC2c1cc2ccccc2[nH]1. The van der Waals surface area contributed by atoms with Crippen LogP contribution in [0.2, 0.25) is 0 Å². The van der Waals surface area contributed by atoms with Gasteiger partial charge < -0.3 is 24.1 Å². The second-order valence-corrected chi connectivity index (χ2v) is 12.2. The molecule has 6 rings (SSSR count). The number of hydrogen-bond acceptors (Lipinski definition) is 6. The number of nitrogens with one attached hydrogen (secondary N) is 2. The van der Waals surface area contributed by atoms with Crippen LogP contribution in [0.25, 0.3) is 10.9 Å². The third kappa shape index (κ3) is 5.88. The lowest BCUT2D eigenvalue weighted by molar-refractivity contribution is -0.0691. The molecule has 1 aliphatic heterocycles. The second-order valence-electron chi connectivity index (χ2n) is 10.5. The maximum atomic E-state index is 13.4. The van der Waals surface area contributed by atoms with Gasteiger partial charge in [0.1, 0.15) is 5.75 Å². The van der Waals surface area contributed by atoms with Gasteiger partial charge in [-0.3, -0.25) is 4.72 Å². The zero-order valence-electron chi connectivity index (χ0n) is 23.5. The summed E-state index contributed by atoms with van der Waals surface area (Å²) in [6.45, 7) is -5.99. The number of rotatable bonds is 10. The lowest BCUT2D eigenvalue weighted by atomic mass is 9.79. The van der Waals surface area contributed by atoms with E-state index in [1.54, 1.807) is 6.07 Å². The van der Waals surface area contributed by atoms with Crippen LogP contribution in [0, 0.1) is 5.92 Å². The van der Waals surface area contributed by atoms with Gasteiger partial charge in [0.05, 0.1) is 23.4 Å². The van der Waals surface area contributed by atoms with Crippen LogP contribution < -0.4 is 23.8 Å². The quantitative estimate of drug-likeness (QED) is 0.177. The molecule has 0 saturated carbocycles. The summed E-state index contributed by atoms with van der Waals surface area (Å²) in [5.74, 6) is -0.423. The highest BCUT2D eigenvalue weighted by atomic mass is 32.2. The lowest BCUT2D eigenvalue weighted by Gasteiger charge is -2.31. The van der Waals surface area contributed by atoms with Crippen molar-refractivity contribution >= 4 is 32.3 Å². The Bertz CT molecular complexity index is 1780. The summed E-state index contributed by atoms with van der Waals surface area (Å²) in [5, 5.41) is 1.16. The molecule has 8 nitrogen and oxygen atoms in total. The number of H-pyrrole nitrogens is 1. The molecular weight excluding hydrogens is 602 g/mol. The summed E-state index contributed by atoms with van der Waals surface area (Å²) >= 11 is 0. The molecule has 1 aliphatic carbocycles. The maximum Gasteiger partial charge on any atom is 0.387 e. The minimum Gasteiger partial charge on any atom is -0.495 e. The molecule has 0 spiro atoms. The summed E-state index contributed by atoms with van der Waals surface area (Å²) in [4.78, 5) is 5.56. The van der Waals surface area contributed by atoms with E-state index in [2.05, 4.69) is 48.4 Å². The number of nitrogens with zero attached hydrogens (tertiary/aromatic N) is 1. The van der Waals surface area contributed by atoms with E-state index in [0.29, 0.717) is 18.0 Å². The highest BCUT2D eigenvalue weighted by Gasteiger charge is 2.39. The normalized spacial score (nSPS) is 18.4. The van der Waals surface area contributed by atoms with Crippen LogP contribution in [0.3, 0.4) is 0 Å². The smallest absolute Gasteiger partial charge is 0.387 e. The maximum absolute atomic E-state index is 13.4. The van der Waals surface area contributed by atoms with Crippen LogP contribution in [0.1, 0.15) is 30.9 Å². The van der Waals surface area contributed by atoms with E-state index >= 15 is 0 Å². The van der Waals surface area contributed by atoms with E-state index in [1.807, 2.05) is 12.1 Å². The second kappa shape index (κ2) is 11.9. The first-order valence-corrected chi connectivity index (χ1v) is 15.4. The molecule has 232 valence electrons. The predicted molar refractivity (Wildman–Crippen MR) is 157 cm³/mol. The fraction of sp³-hybridized carbons (Fsp3) is 0.290. The van der Waals surface area contributed by atoms with Crippen molar-refractivity contribution in [2.24, 2.45) is 5.92 Å². The molecule has 1 saturated heterocycles. The minimum absolute atomic E-state index is 0.107. The van der Waals surface area contributed by atoms with Gasteiger partial charge in [0.25, 0.3) is 10.0 Å². The highest BCUT2D eigenvalue weighted by molar-refractivity contribution is 7.92. The molecule has 44 heavy (non-hydrogen) atoms. The average Bonchev–Trinajstić information content (AvgIpc) is 3.62. The Balaban J connectivity index is 1.28. The number of sulfonamides is 1. The number of ether oxygens (including phenoxy) is 3. The topological polar surface area (TPSA) is 92.9 Å². The largest absolute Gasteiger partial charge is 0.495 e. The van der Waals surface area contributed by atoms with Crippen molar-refractivity contribution < 1.29 is 40.2 Å². The Morgan fingerprint density at radius 3 is 2.39 bits per heavy atom. The van der Waals surface area contributed by atoms with Crippen molar-refractivity contribution in [2.75, 3.05) is 23.3 Å². The van der Waals surface area contributed by atoms with Crippen molar-refractivity contribution in [3.63, 3.8) is 0 Å². The zero-order valence-corrected chi connectivity index (χ0v) is 24.3. The van der Waals surface area contributed by atoms with Gasteiger partial charge in [0.15, 0.2) is 11.5 Å². The highest BCUT2D eigenvalue weighted by Crippen LogP contribution is 2.48. The Hall–Kier alpha value is -4.39. The summed E-state index contributed by atoms with van der Waals surface area (Å²) < 4.78 is 94.5. The number of methoxy groups -OCH3 is 1. The zero-order chi connectivity index (χ0) is 31.0. The number of fused-ring (bicyclic) bond motifs is 2. The Morgan fingerprint density at radius 2 is 1.64 bits per heavy atom. The van der Waals surface area contributed by atoms with Crippen molar-refractivity contribution in [3.8, 4) is 17.2 Å².